The second-order valence-electron chi connectivity index (χ2n) is 5.22. The fourth-order valence-electron chi connectivity index (χ4n) is 2.34. The van der Waals surface area contributed by atoms with Gasteiger partial charge in [0.05, 0.1) is 18.8 Å². The average molecular weight is 314 g/mol. The van der Waals surface area contributed by atoms with E-state index in [4.69, 9.17) is 5.11 Å². The van der Waals surface area contributed by atoms with Gasteiger partial charge in [-0.1, -0.05) is 12.1 Å². The van der Waals surface area contributed by atoms with Crippen LogP contribution in [0.2, 0.25) is 0 Å². The van der Waals surface area contributed by atoms with Crippen molar-refractivity contribution in [2.24, 2.45) is 0 Å². The normalized spacial score (nSPS) is 15.2. The van der Waals surface area contributed by atoms with E-state index >= 15 is 0 Å². The van der Waals surface area contributed by atoms with Crippen LogP contribution in [-0.2, 0) is 9.59 Å². The van der Waals surface area contributed by atoms with Crippen LogP contribution in [-0.4, -0.2) is 58.1 Å². The van der Waals surface area contributed by atoms with E-state index in [1.54, 1.807) is 29.2 Å². The molecule has 1 aliphatic rings. The van der Waals surface area contributed by atoms with Crippen LogP contribution in [0.3, 0.4) is 0 Å². The summed E-state index contributed by atoms with van der Waals surface area (Å²) in [6, 6.07) is 8.53. The summed E-state index contributed by atoms with van der Waals surface area (Å²) in [7, 11) is 1.47. The van der Waals surface area contributed by atoms with Gasteiger partial charge in [0, 0.05) is 18.3 Å². The summed E-state index contributed by atoms with van der Waals surface area (Å²) in [6.45, 7) is 0.292. The van der Waals surface area contributed by atoms with E-state index < -0.39 is 5.97 Å². The van der Waals surface area contributed by atoms with Crippen molar-refractivity contribution in [2.45, 2.75) is 0 Å². The molecule has 0 saturated carbocycles. The number of carboxylic acids is 1. The molecule has 0 radical (unpaired) electrons. The number of amides is 2. The lowest BCUT2D eigenvalue weighted by atomic mass is 10.1. The zero-order valence-electron chi connectivity index (χ0n) is 12.3. The van der Waals surface area contributed by atoms with Crippen molar-refractivity contribution in [2.75, 3.05) is 25.0 Å². The maximum atomic E-state index is 11.7. The molecule has 8 heteroatoms. The van der Waals surface area contributed by atoms with Gasteiger partial charge in [-0.3, -0.25) is 19.6 Å². The molecule has 1 aromatic carbocycles. The highest BCUT2D eigenvalue weighted by Crippen LogP contribution is 2.23. The molecule has 1 aromatic heterocycles. The molecule has 8 nitrogen and oxygen atoms in total. The number of benzene rings is 1. The van der Waals surface area contributed by atoms with Crippen LogP contribution in [0.5, 0.6) is 0 Å². The van der Waals surface area contributed by atoms with Crippen LogP contribution in [0.1, 0.15) is 10.5 Å². The van der Waals surface area contributed by atoms with E-state index in [0.717, 1.165) is 16.2 Å². The monoisotopic (exact) mass is 314 g/mol. The van der Waals surface area contributed by atoms with Crippen molar-refractivity contribution in [3.63, 3.8) is 0 Å². The molecule has 1 saturated heterocycles. The van der Waals surface area contributed by atoms with Gasteiger partial charge in [0.2, 0.25) is 11.8 Å². The molecule has 1 fully saturated rings. The van der Waals surface area contributed by atoms with E-state index in [0.29, 0.717) is 5.69 Å². The number of carbonyl (C=O) groups excluding carboxylic acids is 2. The highest BCUT2D eigenvalue weighted by molar-refractivity contribution is 6.02. The minimum absolute atomic E-state index is 0.0133. The van der Waals surface area contributed by atoms with Crippen LogP contribution in [0.4, 0.5) is 5.69 Å². The van der Waals surface area contributed by atoms with Crippen molar-refractivity contribution < 1.29 is 19.5 Å². The number of piperazine rings is 1. The molecule has 118 valence electrons. The number of H-pyrrole nitrogens is 1. The third-order valence-corrected chi connectivity index (χ3v) is 3.74. The molecule has 2 heterocycles. The first-order valence-electron chi connectivity index (χ1n) is 6.89. The molecule has 2 amide bonds. The van der Waals surface area contributed by atoms with Crippen molar-refractivity contribution in [1.29, 1.82) is 0 Å². The van der Waals surface area contributed by atoms with Crippen molar-refractivity contribution in [3.8, 4) is 11.3 Å². The first-order chi connectivity index (χ1) is 11.0. The Balaban J connectivity index is 1.80. The first kappa shape index (κ1) is 14.8. The Kier molecular flexibility index (Phi) is 3.57. The largest absolute Gasteiger partial charge is 0.477 e. The standard InChI is InChI=1S/C15H14N4O4/c1-18-13(20)7-19(8-14(18)21)10-4-2-9(3-5-10)11-6-12(15(22)23)17-16-11/h2-6H,7-8H2,1H3,(H,16,17)(H,22,23). The summed E-state index contributed by atoms with van der Waals surface area (Å²) in [5, 5.41) is 15.3. The average Bonchev–Trinajstić information content (AvgIpc) is 3.02. The maximum absolute atomic E-state index is 11.7. The molecule has 3 rings (SSSR count). The Bertz CT molecular complexity index is 763. The zero-order chi connectivity index (χ0) is 16.6. The van der Waals surface area contributed by atoms with Gasteiger partial charge in [-0.2, -0.15) is 5.10 Å². The number of aromatic nitrogens is 2. The number of aromatic amines is 1. The van der Waals surface area contributed by atoms with Gasteiger partial charge in [-0.25, -0.2) is 4.79 Å². The lowest BCUT2D eigenvalue weighted by Crippen LogP contribution is -2.52. The molecule has 0 atom stereocenters. The fraction of sp³-hybridized carbons (Fsp3) is 0.200. The number of likely N-dealkylation sites (N-methyl/N-ethyl adjacent to an activating group) is 1. The summed E-state index contributed by atoms with van der Waals surface area (Å²) in [6.07, 6.45) is 0. The highest BCUT2D eigenvalue weighted by Gasteiger charge is 2.28. The Hall–Kier alpha value is -3.16. The second-order valence-corrected chi connectivity index (χ2v) is 5.22. The topological polar surface area (TPSA) is 107 Å². The smallest absolute Gasteiger partial charge is 0.353 e. The Morgan fingerprint density at radius 1 is 1.17 bits per heavy atom. The number of hydrogen-bond donors (Lipinski definition) is 2. The number of imide groups is 1. The molecular formula is C15H14N4O4. The van der Waals surface area contributed by atoms with E-state index in [1.807, 2.05) is 0 Å². The quantitative estimate of drug-likeness (QED) is 0.803. The number of anilines is 1. The van der Waals surface area contributed by atoms with Gasteiger partial charge < -0.3 is 10.0 Å². The van der Waals surface area contributed by atoms with Gasteiger partial charge in [-0.05, 0) is 18.2 Å². The predicted molar refractivity (Wildman–Crippen MR) is 81.0 cm³/mol. The Morgan fingerprint density at radius 2 is 1.78 bits per heavy atom. The zero-order valence-corrected chi connectivity index (χ0v) is 12.3. The van der Waals surface area contributed by atoms with Crippen LogP contribution in [0.15, 0.2) is 30.3 Å². The third-order valence-electron chi connectivity index (χ3n) is 3.74. The Labute approximate surface area is 131 Å². The third kappa shape index (κ3) is 2.78. The molecule has 0 bridgehead atoms. The van der Waals surface area contributed by atoms with Crippen LogP contribution in [0.25, 0.3) is 11.3 Å². The number of nitrogens with zero attached hydrogens (tertiary/aromatic N) is 3. The van der Waals surface area contributed by atoms with Crippen LogP contribution in [0, 0.1) is 0 Å². The number of rotatable bonds is 3. The van der Waals surface area contributed by atoms with E-state index in [9.17, 15) is 14.4 Å². The molecular weight excluding hydrogens is 300 g/mol. The summed E-state index contributed by atoms with van der Waals surface area (Å²) in [5.74, 6) is -1.57. The predicted octanol–water partition coefficient (Wildman–Crippen LogP) is 0.580. The lowest BCUT2D eigenvalue weighted by molar-refractivity contribution is -0.143. The van der Waals surface area contributed by atoms with Gasteiger partial charge in [0.15, 0.2) is 0 Å². The first-order valence-corrected chi connectivity index (χ1v) is 6.89. The van der Waals surface area contributed by atoms with E-state index in [-0.39, 0.29) is 30.6 Å². The minimum Gasteiger partial charge on any atom is -0.477 e. The molecule has 0 aliphatic carbocycles. The molecule has 23 heavy (non-hydrogen) atoms. The van der Waals surface area contributed by atoms with Crippen LogP contribution >= 0.6 is 0 Å². The van der Waals surface area contributed by atoms with Crippen molar-refractivity contribution >= 4 is 23.5 Å². The molecule has 2 N–H and O–H groups in total. The minimum atomic E-state index is -1.07. The fourth-order valence-corrected chi connectivity index (χ4v) is 2.34. The van der Waals surface area contributed by atoms with E-state index in [1.165, 1.54) is 13.1 Å². The maximum Gasteiger partial charge on any atom is 0.353 e. The molecule has 2 aromatic rings. The number of aromatic carboxylic acids is 1. The van der Waals surface area contributed by atoms with Gasteiger partial charge in [-0.15, -0.1) is 0 Å². The number of carbonyl (C=O) groups is 3. The second kappa shape index (κ2) is 5.56. The summed E-state index contributed by atoms with van der Waals surface area (Å²) >= 11 is 0. The molecule has 1 aliphatic heterocycles. The number of carboxylic acid groups (broad SMARTS) is 1. The molecule has 0 unspecified atom stereocenters. The van der Waals surface area contributed by atoms with Crippen molar-refractivity contribution in [1.82, 2.24) is 15.1 Å². The number of nitrogens with one attached hydrogen (secondary N) is 1. The summed E-state index contributed by atoms with van der Waals surface area (Å²) < 4.78 is 0. The lowest BCUT2D eigenvalue weighted by Gasteiger charge is -2.31. The van der Waals surface area contributed by atoms with Gasteiger partial charge in [0.25, 0.3) is 0 Å². The van der Waals surface area contributed by atoms with E-state index in [2.05, 4.69) is 10.2 Å². The summed E-state index contributed by atoms with van der Waals surface area (Å²) in [4.78, 5) is 37.1. The van der Waals surface area contributed by atoms with Gasteiger partial charge >= 0.3 is 5.97 Å². The van der Waals surface area contributed by atoms with Gasteiger partial charge in [0.1, 0.15) is 5.69 Å². The SMILES string of the molecule is CN1C(=O)CN(c2ccc(-c3cc(C(=O)O)[nH]n3)cc2)CC1=O. The Morgan fingerprint density at radius 3 is 2.30 bits per heavy atom. The summed E-state index contributed by atoms with van der Waals surface area (Å²) in [5.41, 5.74) is 2.01. The van der Waals surface area contributed by atoms with Crippen LogP contribution < -0.4 is 4.90 Å². The number of hydrogen-bond acceptors (Lipinski definition) is 5. The van der Waals surface area contributed by atoms with Crippen molar-refractivity contribution in [3.05, 3.63) is 36.0 Å². The highest BCUT2D eigenvalue weighted by atomic mass is 16.4. The molecule has 0 spiro atoms.